The molecule has 0 atom stereocenters. The summed E-state index contributed by atoms with van der Waals surface area (Å²) in [6.45, 7) is -0.390. The minimum atomic E-state index is -3.90. The Hall–Kier alpha value is -3.31. The van der Waals surface area contributed by atoms with Crippen molar-refractivity contribution in [2.45, 2.75) is 5.75 Å². The lowest BCUT2D eigenvalue weighted by molar-refractivity contribution is -0.118. The number of nitrogens with two attached hydrogens (primary N) is 1. The van der Waals surface area contributed by atoms with E-state index in [-0.39, 0.29) is 23.7 Å². The van der Waals surface area contributed by atoms with E-state index in [1.54, 1.807) is 30.3 Å². The lowest BCUT2D eigenvalue weighted by Crippen LogP contribution is -2.37. The molecule has 0 aliphatic rings. The van der Waals surface area contributed by atoms with Crippen molar-refractivity contribution in [1.29, 1.82) is 0 Å². The normalized spacial score (nSPS) is 10.7. The number of aromatic nitrogens is 1. The van der Waals surface area contributed by atoms with Gasteiger partial charge in [0.15, 0.2) is 0 Å². The molecular formula is C16H16N4O6S. The highest BCUT2D eigenvalue weighted by molar-refractivity contribution is 7.89. The third kappa shape index (κ3) is 6.49. The number of sulfonamides is 1. The van der Waals surface area contributed by atoms with E-state index in [4.69, 9.17) is 10.5 Å². The molecule has 10 nitrogen and oxygen atoms in total. The average Bonchev–Trinajstić information content (AvgIpc) is 2.62. The highest BCUT2D eigenvalue weighted by Crippen LogP contribution is 2.09. The SMILES string of the molecule is NCC(=O)NC(=O)Oc1ccc(C(=O)NS(=O)(=O)Cc2ccccc2)cn1. The second kappa shape index (κ2) is 8.87. The van der Waals surface area contributed by atoms with E-state index in [1.165, 1.54) is 12.1 Å². The molecule has 1 aromatic heterocycles. The Bertz CT molecular complexity index is 929. The maximum absolute atomic E-state index is 12.1. The quantitative estimate of drug-likeness (QED) is 0.615. The predicted octanol–water partition coefficient (Wildman–Crippen LogP) is -0.0849. The first-order valence-electron chi connectivity index (χ1n) is 7.55. The third-order valence-corrected chi connectivity index (χ3v) is 4.28. The summed E-state index contributed by atoms with van der Waals surface area (Å²) in [7, 11) is -3.90. The molecule has 0 unspecified atom stereocenters. The summed E-state index contributed by atoms with van der Waals surface area (Å²) in [5.41, 5.74) is 5.50. The lowest BCUT2D eigenvalue weighted by atomic mass is 10.2. The van der Waals surface area contributed by atoms with Crippen LogP contribution in [0.4, 0.5) is 4.79 Å². The number of carbonyl (C=O) groups is 3. The van der Waals surface area contributed by atoms with Crippen LogP contribution in [-0.2, 0) is 20.6 Å². The van der Waals surface area contributed by atoms with Crippen LogP contribution in [0.2, 0.25) is 0 Å². The van der Waals surface area contributed by atoms with Crippen molar-refractivity contribution in [2.75, 3.05) is 6.54 Å². The molecule has 142 valence electrons. The Morgan fingerprint density at radius 1 is 1.07 bits per heavy atom. The molecule has 27 heavy (non-hydrogen) atoms. The van der Waals surface area contributed by atoms with Crippen LogP contribution in [0.25, 0.3) is 0 Å². The summed E-state index contributed by atoms with van der Waals surface area (Å²) in [4.78, 5) is 38.1. The number of ether oxygens (including phenoxy) is 1. The van der Waals surface area contributed by atoms with Gasteiger partial charge in [-0.05, 0) is 11.6 Å². The maximum Gasteiger partial charge on any atom is 0.420 e. The van der Waals surface area contributed by atoms with Crippen molar-refractivity contribution >= 4 is 27.9 Å². The summed E-state index contributed by atoms with van der Waals surface area (Å²) in [6.07, 6.45) is -0.0543. The summed E-state index contributed by atoms with van der Waals surface area (Å²) in [6, 6.07) is 10.8. The molecule has 4 N–H and O–H groups in total. The van der Waals surface area contributed by atoms with Crippen LogP contribution in [-0.4, -0.2) is 37.9 Å². The zero-order chi connectivity index (χ0) is 19.9. The molecule has 0 aliphatic carbocycles. The number of rotatable bonds is 6. The third-order valence-electron chi connectivity index (χ3n) is 3.07. The van der Waals surface area contributed by atoms with E-state index in [0.717, 1.165) is 6.20 Å². The van der Waals surface area contributed by atoms with E-state index in [9.17, 15) is 22.8 Å². The molecule has 0 saturated carbocycles. The van der Waals surface area contributed by atoms with E-state index < -0.39 is 27.9 Å². The number of benzene rings is 1. The zero-order valence-electron chi connectivity index (χ0n) is 13.9. The smallest absolute Gasteiger partial charge is 0.391 e. The minimum absolute atomic E-state index is 0.0579. The Balaban J connectivity index is 1.96. The largest absolute Gasteiger partial charge is 0.420 e. The minimum Gasteiger partial charge on any atom is -0.391 e. The number of nitrogens with one attached hydrogen (secondary N) is 2. The van der Waals surface area contributed by atoms with Gasteiger partial charge in [-0.25, -0.2) is 22.9 Å². The van der Waals surface area contributed by atoms with Gasteiger partial charge in [0.2, 0.25) is 21.8 Å². The van der Waals surface area contributed by atoms with Crippen molar-refractivity contribution in [1.82, 2.24) is 15.0 Å². The predicted molar refractivity (Wildman–Crippen MR) is 94.0 cm³/mol. The maximum atomic E-state index is 12.1. The number of imide groups is 1. The summed E-state index contributed by atoms with van der Waals surface area (Å²) < 4.78 is 30.8. The monoisotopic (exact) mass is 392 g/mol. The van der Waals surface area contributed by atoms with Crippen LogP contribution < -0.4 is 20.5 Å². The van der Waals surface area contributed by atoms with Crippen molar-refractivity contribution in [2.24, 2.45) is 5.73 Å². The van der Waals surface area contributed by atoms with Crippen LogP contribution in [0.15, 0.2) is 48.7 Å². The number of amides is 3. The second-order valence-electron chi connectivity index (χ2n) is 5.20. The molecule has 0 aliphatic heterocycles. The molecule has 0 saturated heterocycles. The van der Waals surface area contributed by atoms with Gasteiger partial charge in [-0.2, -0.15) is 0 Å². The van der Waals surface area contributed by atoms with Crippen molar-refractivity contribution in [3.05, 3.63) is 59.8 Å². The molecule has 3 amide bonds. The van der Waals surface area contributed by atoms with E-state index in [1.807, 2.05) is 10.0 Å². The Kier molecular flexibility index (Phi) is 6.57. The van der Waals surface area contributed by atoms with Crippen LogP contribution in [0, 0.1) is 0 Å². The van der Waals surface area contributed by atoms with E-state index >= 15 is 0 Å². The lowest BCUT2D eigenvalue weighted by Gasteiger charge is -2.08. The summed E-state index contributed by atoms with van der Waals surface area (Å²) in [5, 5.41) is 1.85. The Morgan fingerprint density at radius 3 is 2.37 bits per heavy atom. The second-order valence-corrected chi connectivity index (χ2v) is 6.93. The van der Waals surface area contributed by atoms with Crippen LogP contribution in [0.5, 0.6) is 5.88 Å². The van der Waals surface area contributed by atoms with Gasteiger partial charge in [-0.3, -0.25) is 14.9 Å². The van der Waals surface area contributed by atoms with Crippen molar-refractivity contribution < 1.29 is 27.5 Å². The topological polar surface area (TPSA) is 158 Å². The van der Waals surface area contributed by atoms with Gasteiger partial charge in [0.25, 0.3) is 5.91 Å². The summed E-state index contributed by atoms with van der Waals surface area (Å²) >= 11 is 0. The Labute approximate surface area is 154 Å². The molecule has 0 spiro atoms. The van der Waals surface area contributed by atoms with E-state index in [2.05, 4.69) is 4.98 Å². The molecule has 2 rings (SSSR count). The summed E-state index contributed by atoms with van der Waals surface area (Å²) in [5.74, 6) is -2.17. The number of hydrogen-bond donors (Lipinski definition) is 3. The van der Waals surface area contributed by atoms with Crippen LogP contribution >= 0.6 is 0 Å². The Morgan fingerprint density at radius 2 is 1.78 bits per heavy atom. The number of carbonyl (C=O) groups excluding carboxylic acids is 3. The molecule has 0 bridgehead atoms. The fraction of sp³-hybridized carbons (Fsp3) is 0.125. The standard InChI is InChI=1S/C16H16N4O6S/c17-8-13(21)19-16(23)26-14-7-6-12(9-18-14)15(22)20-27(24,25)10-11-4-2-1-3-5-11/h1-7,9H,8,10,17H2,(H,20,22)(H,19,21,23). The van der Waals surface area contributed by atoms with Gasteiger partial charge in [0.1, 0.15) is 0 Å². The first kappa shape index (κ1) is 20.0. The van der Waals surface area contributed by atoms with Crippen molar-refractivity contribution in [3.8, 4) is 5.88 Å². The average molecular weight is 392 g/mol. The number of pyridine rings is 1. The zero-order valence-corrected chi connectivity index (χ0v) is 14.7. The molecule has 2 aromatic rings. The van der Waals surface area contributed by atoms with Gasteiger partial charge in [0.05, 0.1) is 17.9 Å². The van der Waals surface area contributed by atoms with Gasteiger partial charge >= 0.3 is 6.09 Å². The van der Waals surface area contributed by atoms with Gasteiger partial charge in [0, 0.05) is 12.3 Å². The van der Waals surface area contributed by atoms with Crippen molar-refractivity contribution in [3.63, 3.8) is 0 Å². The highest BCUT2D eigenvalue weighted by Gasteiger charge is 2.17. The highest BCUT2D eigenvalue weighted by atomic mass is 32.2. The molecule has 0 fully saturated rings. The fourth-order valence-corrected chi connectivity index (χ4v) is 2.99. The molecule has 11 heteroatoms. The molecule has 1 heterocycles. The van der Waals surface area contributed by atoms with Gasteiger partial charge in [-0.15, -0.1) is 0 Å². The van der Waals surface area contributed by atoms with Gasteiger partial charge < -0.3 is 10.5 Å². The molecule has 0 radical (unpaired) electrons. The first-order valence-corrected chi connectivity index (χ1v) is 9.21. The first-order chi connectivity index (χ1) is 12.8. The molecule has 1 aromatic carbocycles. The van der Waals surface area contributed by atoms with E-state index in [0.29, 0.717) is 5.56 Å². The van der Waals surface area contributed by atoms with Crippen LogP contribution in [0.1, 0.15) is 15.9 Å². The molecular weight excluding hydrogens is 376 g/mol. The fourth-order valence-electron chi connectivity index (χ4n) is 1.89. The number of hydrogen-bond acceptors (Lipinski definition) is 8. The number of nitrogens with zero attached hydrogens (tertiary/aromatic N) is 1. The van der Waals surface area contributed by atoms with Gasteiger partial charge in [-0.1, -0.05) is 30.3 Å². The van der Waals surface area contributed by atoms with Crippen LogP contribution in [0.3, 0.4) is 0 Å².